The predicted molar refractivity (Wildman–Crippen MR) is 193 cm³/mol. The van der Waals surface area contributed by atoms with Gasteiger partial charge in [0.15, 0.2) is 6.29 Å². The van der Waals surface area contributed by atoms with Crippen LogP contribution in [0.2, 0.25) is 0 Å². The third kappa shape index (κ3) is 9.05. The molecule has 0 spiro atoms. The third-order valence-electron chi connectivity index (χ3n) is 8.40. The zero-order valence-electron chi connectivity index (χ0n) is 27.8. The molecule has 6 heteroatoms. The molecule has 1 saturated heterocycles. The molecule has 6 nitrogen and oxygen atoms in total. The third-order valence-corrected chi connectivity index (χ3v) is 8.40. The van der Waals surface area contributed by atoms with Crippen LogP contribution in [0.4, 0.5) is 0 Å². The fourth-order valence-electron chi connectivity index (χ4n) is 5.89. The minimum atomic E-state index is -0.726. The highest BCUT2D eigenvalue weighted by molar-refractivity contribution is 5.75. The fourth-order valence-corrected chi connectivity index (χ4v) is 5.89. The van der Waals surface area contributed by atoms with E-state index < -0.39 is 18.9 Å². The normalized spacial score (nSPS) is 15.9. The van der Waals surface area contributed by atoms with E-state index in [-0.39, 0.29) is 0 Å². The molecule has 1 fully saturated rings. The van der Waals surface area contributed by atoms with Crippen LogP contribution in [0.5, 0.6) is 11.5 Å². The Hall–Kier alpha value is -5.24. The number of rotatable bonds is 15. The Morgan fingerprint density at radius 2 is 0.860 bits per heavy atom. The maximum absolute atomic E-state index is 6.58. The topological polar surface area (TPSA) is 55.4 Å². The molecule has 0 unspecified atom stereocenters. The molecule has 7 rings (SSSR count). The molecule has 6 aromatic rings. The first-order valence-corrected chi connectivity index (χ1v) is 16.9. The Kier molecular flexibility index (Phi) is 11.3. The number of hydrogen-bond acceptors (Lipinski definition) is 6. The average molecular weight is 665 g/mol. The van der Waals surface area contributed by atoms with E-state index in [1.54, 1.807) is 0 Å². The molecular formula is C44H40O6. The first kappa shape index (κ1) is 33.3. The highest BCUT2D eigenvalue weighted by atomic mass is 16.9. The second kappa shape index (κ2) is 16.9. The summed E-state index contributed by atoms with van der Waals surface area (Å²) in [6, 6.07) is 54.6. The van der Waals surface area contributed by atoms with Crippen LogP contribution in [0.1, 0.15) is 27.8 Å². The van der Waals surface area contributed by atoms with Crippen LogP contribution < -0.4 is 9.47 Å². The minimum Gasteiger partial charge on any atom is -0.489 e. The van der Waals surface area contributed by atoms with Gasteiger partial charge >= 0.3 is 0 Å². The Labute approximate surface area is 293 Å². The zero-order chi connectivity index (χ0) is 33.8. The molecule has 0 saturated carbocycles. The Morgan fingerprint density at radius 1 is 0.440 bits per heavy atom. The van der Waals surface area contributed by atoms with E-state index in [0.717, 1.165) is 38.9 Å². The quantitative estimate of drug-likeness (QED) is 0.109. The van der Waals surface area contributed by atoms with Gasteiger partial charge in [0.25, 0.3) is 0 Å². The minimum absolute atomic E-state index is 0.363. The van der Waals surface area contributed by atoms with Crippen LogP contribution in [-0.4, -0.2) is 18.9 Å². The molecule has 0 amide bonds. The van der Waals surface area contributed by atoms with Gasteiger partial charge in [-0.05, 0) is 39.4 Å². The summed E-state index contributed by atoms with van der Waals surface area (Å²) >= 11 is 0. The molecule has 0 radical (unpaired) electrons. The molecule has 2 atom stereocenters. The van der Waals surface area contributed by atoms with Gasteiger partial charge < -0.3 is 28.4 Å². The summed E-state index contributed by atoms with van der Waals surface area (Å²) in [5.41, 5.74) is 7.16. The molecule has 0 N–H and O–H groups in total. The van der Waals surface area contributed by atoms with Crippen molar-refractivity contribution in [2.75, 3.05) is 0 Å². The molecule has 50 heavy (non-hydrogen) atoms. The van der Waals surface area contributed by atoms with E-state index in [1.165, 1.54) is 0 Å². The van der Waals surface area contributed by atoms with E-state index in [4.69, 9.17) is 28.4 Å². The first-order chi connectivity index (χ1) is 24.8. The Balaban J connectivity index is 1.18. The molecule has 1 aliphatic heterocycles. The summed E-state index contributed by atoms with van der Waals surface area (Å²) in [7, 11) is 0. The summed E-state index contributed by atoms with van der Waals surface area (Å²) in [6.07, 6.45) is -1.69. The van der Waals surface area contributed by atoms with Crippen molar-refractivity contribution in [2.45, 2.75) is 51.7 Å². The number of hydrogen-bond donors (Lipinski definition) is 0. The van der Waals surface area contributed by atoms with Crippen molar-refractivity contribution in [1.29, 1.82) is 0 Å². The van der Waals surface area contributed by atoms with Gasteiger partial charge in [0.05, 0.1) is 13.2 Å². The zero-order valence-corrected chi connectivity index (χ0v) is 27.8. The van der Waals surface area contributed by atoms with Gasteiger partial charge in [-0.2, -0.15) is 0 Å². The first-order valence-electron chi connectivity index (χ1n) is 16.9. The molecule has 0 aromatic heterocycles. The van der Waals surface area contributed by atoms with Crippen LogP contribution in [0.15, 0.2) is 164 Å². The highest BCUT2D eigenvalue weighted by Crippen LogP contribution is 2.40. The summed E-state index contributed by atoms with van der Waals surface area (Å²) < 4.78 is 38.4. The average Bonchev–Trinajstić information content (AvgIpc) is 3.57. The summed E-state index contributed by atoms with van der Waals surface area (Å²) in [5.74, 6) is 1.41. The molecule has 6 aromatic carbocycles. The lowest BCUT2D eigenvalue weighted by Crippen LogP contribution is -2.28. The predicted octanol–water partition coefficient (Wildman–Crippen LogP) is 9.51. The van der Waals surface area contributed by atoms with E-state index in [9.17, 15) is 0 Å². The van der Waals surface area contributed by atoms with Crippen LogP contribution in [0, 0.1) is 0 Å². The van der Waals surface area contributed by atoms with Crippen molar-refractivity contribution in [1.82, 2.24) is 0 Å². The van der Waals surface area contributed by atoms with Gasteiger partial charge in [-0.1, -0.05) is 152 Å². The lowest BCUT2D eigenvalue weighted by atomic mass is 9.95. The second-order valence-electron chi connectivity index (χ2n) is 12.1. The van der Waals surface area contributed by atoms with Crippen LogP contribution in [0.25, 0.3) is 11.1 Å². The number of ether oxygens (including phenoxy) is 6. The molecule has 1 aliphatic rings. The number of benzene rings is 6. The SMILES string of the molecule is c1ccc(COc2cc(CC3O[C@@H](OCc4ccccc4)[C@H](OCc4ccccc4)O3)c(-c3ccccc3)c(OCc3ccccc3)c2)cc1. The van der Waals surface area contributed by atoms with Gasteiger partial charge in [0, 0.05) is 18.1 Å². The van der Waals surface area contributed by atoms with Crippen molar-refractivity contribution >= 4 is 0 Å². The van der Waals surface area contributed by atoms with Crippen LogP contribution in [0.3, 0.4) is 0 Å². The van der Waals surface area contributed by atoms with Gasteiger partial charge in [0.1, 0.15) is 24.7 Å². The van der Waals surface area contributed by atoms with Gasteiger partial charge in [-0.3, -0.25) is 0 Å². The van der Waals surface area contributed by atoms with Crippen molar-refractivity contribution in [3.8, 4) is 22.6 Å². The van der Waals surface area contributed by atoms with Crippen molar-refractivity contribution in [3.05, 3.63) is 192 Å². The van der Waals surface area contributed by atoms with Gasteiger partial charge in [-0.25, -0.2) is 0 Å². The Bertz CT molecular complexity index is 1830. The standard InChI is InChI=1S/C44H40O6/c1-6-16-33(17-7-1)29-45-39-26-38(42(37-24-14-5-15-25-37)40(28-39)46-30-34-18-8-2-9-19-34)27-41-49-43(47-31-35-20-10-3-11-21-35)44(50-41)48-32-36-22-12-4-13-23-36/h1-26,28,41,43-44H,27,29-32H2/t43-,44-/m1/s1. The van der Waals surface area contributed by atoms with E-state index >= 15 is 0 Å². The lowest BCUT2D eigenvalue weighted by Gasteiger charge is -2.20. The van der Waals surface area contributed by atoms with Gasteiger partial charge in [0.2, 0.25) is 12.6 Å². The molecule has 0 aliphatic carbocycles. The monoisotopic (exact) mass is 664 g/mol. The summed E-state index contributed by atoms with van der Waals surface area (Å²) in [5, 5.41) is 0. The van der Waals surface area contributed by atoms with E-state index in [1.807, 2.05) is 121 Å². The molecule has 0 bridgehead atoms. The van der Waals surface area contributed by atoms with Crippen molar-refractivity contribution in [2.24, 2.45) is 0 Å². The molecule has 1 heterocycles. The van der Waals surface area contributed by atoms with E-state index in [0.29, 0.717) is 44.3 Å². The van der Waals surface area contributed by atoms with Crippen molar-refractivity contribution in [3.63, 3.8) is 0 Å². The molecular weight excluding hydrogens is 624 g/mol. The lowest BCUT2D eigenvalue weighted by molar-refractivity contribution is -0.200. The maximum atomic E-state index is 6.58. The molecule has 252 valence electrons. The fraction of sp³-hybridized carbons (Fsp3) is 0.182. The van der Waals surface area contributed by atoms with Crippen LogP contribution >= 0.6 is 0 Å². The highest BCUT2D eigenvalue weighted by Gasteiger charge is 2.38. The van der Waals surface area contributed by atoms with Crippen molar-refractivity contribution < 1.29 is 28.4 Å². The summed E-state index contributed by atoms with van der Waals surface area (Å²) in [4.78, 5) is 0. The maximum Gasteiger partial charge on any atom is 0.212 e. The largest absolute Gasteiger partial charge is 0.489 e. The Morgan fingerprint density at radius 3 is 1.34 bits per heavy atom. The van der Waals surface area contributed by atoms with Crippen LogP contribution in [-0.2, 0) is 51.8 Å². The summed E-state index contributed by atoms with van der Waals surface area (Å²) in [6.45, 7) is 1.55. The van der Waals surface area contributed by atoms with Gasteiger partial charge in [-0.15, -0.1) is 0 Å². The second-order valence-corrected chi connectivity index (χ2v) is 12.1. The smallest absolute Gasteiger partial charge is 0.212 e. The van der Waals surface area contributed by atoms with E-state index in [2.05, 4.69) is 42.5 Å².